The van der Waals surface area contributed by atoms with Gasteiger partial charge in [0.1, 0.15) is 5.75 Å². The maximum absolute atomic E-state index is 11.4. The molecule has 0 saturated carbocycles. The largest absolute Gasteiger partial charge is 0.497 e. The average Bonchev–Trinajstić information content (AvgIpc) is 2.49. The lowest BCUT2D eigenvalue weighted by molar-refractivity contribution is -0.136. The van der Waals surface area contributed by atoms with Crippen molar-refractivity contribution < 1.29 is 24.5 Å². The number of hydrogen-bond donors (Lipinski definition) is 3. The van der Waals surface area contributed by atoms with Crippen LogP contribution in [-0.4, -0.2) is 29.3 Å². The Labute approximate surface area is 127 Å². The Balaban J connectivity index is 2.39. The fraction of sp³-hybridized carbons (Fsp3) is 0.125. The van der Waals surface area contributed by atoms with Gasteiger partial charge in [0, 0.05) is 5.69 Å². The number of carbonyl (C=O) groups is 2. The summed E-state index contributed by atoms with van der Waals surface area (Å²) in [7, 11) is 1.45. The summed E-state index contributed by atoms with van der Waals surface area (Å²) < 4.78 is 5.02. The van der Waals surface area contributed by atoms with Crippen LogP contribution in [0.2, 0.25) is 0 Å². The maximum Gasteiger partial charge on any atom is 0.337 e. The summed E-state index contributed by atoms with van der Waals surface area (Å²) in [5.74, 6) is -1.62. The first-order valence-electron chi connectivity index (χ1n) is 6.49. The number of aliphatic carboxylic acids is 1. The van der Waals surface area contributed by atoms with Crippen LogP contribution < -0.4 is 10.1 Å². The summed E-state index contributed by atoms with van der Waals surface area (Å²) in [4.78, 5) is 22.2. The molecular formula is C16H15NO5. The number of benzene rings is 2. The summed E-state index contributed by atoms with van der Waals surface area (Å²) in [6.07, 6.45) is -0.151. The average molecular weight is 301 g/mol. The number of hydrogen-bond acceptors (Lipinski definition) is 4. The van der Waals surface area contributed by atoms with Crippen molar-refractivity contribution in [3.8, 4) is 5.75 Å². The van der Waals surface area contributed by atoms with Gasteiger partial charge >= 0.3 is 11.9 Å². The Bertz CT molecular complexity index is 711. The Kier molecular flexibility index (Phi) is 4.63. The molecule has 22 heavy (non-hydrogen) atoms. The third kappa shape index (κ3) is 3.54. The van der Waals surface area contributed by atoms with E-state index in [0.29, 0.717) is 22.7 Å². The molecule has 0 atom stereocenters. The van der Waals surface area contributed by atoms with Gasteiger partial charge in [-0.15, -0.1) is 0 Å². The number of carboxylic acid groups (broad SMARTS) is 2. The van der Waals surface area contributed by atoms with Gasteiger partial charge in [-0.1, -0.05) is 18.2 Å². The molecule has 0 aromatic heterocycles. The smallest absolute Gasteiger partial charge is 0.337 e. The summed E-state index contributed by atoms with van der Waals surface area (Å²) in [5.41, 5.74) is 1.54. The van der Waals surface area contributed by atoms with Crippen LogP contribution in [0.5, 0.6) is 5.75 Å². The second kappa shape index (κ2) is 6.62. The van der Waals surface area contributed by atoms with E-state index in [1.165, 1.54) is 13.2 Å². The monoisotopic (exact) mass is 301 g/mol. The standard InChI is InChI=1S/C16H15NO5/c1-22-11-6-7-14(12(9-11)16(20)21)17-13-5-3-2-4-10(13)8-15(18)19/h2-7,9,17H,8H2,1H3,(H,18,19)(H,20,21). The van der Waals surface area contributed by atoms with Gasteiger partial charge in [0.15, 0.2) is 0 Å². The van der Waals surface area contributed by atoms with Crippen LogP contribution in [0.1, 0.15) is 15.9 Å². The predicted molar refractivity (Wildman–Crippen MR) is 81.0 cm³/mol. The van der Waals surface area contributed by atoms with E-state index in [0.717, 1.165) is 0 Å². The number of carboxylic acids is 2. The first-order chi connectivity index (χ1) is 10.5. The van der Waals surface area contributed by atoms with Gasteiger partial charge in [0.25, 0.3) is 0 Å². The van der Waals surface area contributed by atoms with Crippen molar-refractivity contribution in [2.24, 2.45) is 0 Å². The van der Waals surface area contributed by atoms with Gasteiger partial charge in [0.05, 0.1) is 24.8 Å². The summed E-state index contributed by atoms with van der Waals surface area (Å²) in [6.45, 7) is 0. The molecule has 0 amide bonds. The van der Waals surface area contributed by atoms with Crippen LogP contribution in [-0.2, 0) is 11.2 Å². The van der Waals surface area contributed by atoms with E-state index in [1.807, 2.05) is 0 Å². The highest BCUT2D eigenvalue weighted by atomic mass is 16.5. The second-order valence-electron chi connectivity index (χ2n) is 4.57. The number of nitrogens with one attached hydrogen (secondary N) is 1. The first kappa shape index (κ1) is 15.4. The summed E-state index contributed by atoms with van der Waals surface area (Å²) >= 11 is 0. The zero-order valence-corrected chi connectivity index (χ0v) is 11.9. The lowest BCUT2D eigenvalue weighted by Gasteiger charge is -2.13. The molecule has 0 aliphatic rings. The van der Waals surface area contributed by atoms with Crippen LogP contribution in [0.25, 0.3) is 0 Å². The van der Waals surface area contributed by atoms with Crippen LogP contribution in [0.4, 0.5) is 11.4 Å². The molecule has 0 aliphatic carbocycles. The zero-order valence-electron chi connectivity index (χ0n) is 11.9. The molecule has 2 rings (SSSR count). The van der Waals surface area contributed by atoms with E-state index in [4.69, 9.17) is 9.84 Å². The van der Waals surface area contributed by atoms with E-state index in [2.05, 4.69) is 5.32 Å². The van der Waals surface area contributed by atoms with Crippen LogP contribution >= 0.6 is 0 Å². The first-order valence-corrected chi connectivity index (χ1v) is 6.49. The Hall–Kier alpha value is -3.02. The van der Waals surface area contributed by atoms with Crippen molar-refractivity contribution >= 4 is 23.3 Å². The van der Waals surface area contributed by atoms with Gasteiger partial charge < -0.3 is 20.3 Å². The highest BCUT2D eigenvalue weighted by molar-refractivity contribution is 5.96. The number of rotatable bonds is 6. The molecule has 0 spiro atoms. The molecule has 0 saturated heterocycles. The lowest BCUT2D eigenvalue weighted by atomic mass is 10.1. The van der Waals surface area contributed by atoms with Gasteiger partial charge in [0.2, 0.25) is 0 Å². The topological polar surface area (TPSA) is 95.9 Å². The highest BCUT2D eigenvalue weighted by Crippen LogP contribution is 2.27. The number of ether oxygens (including phenoxy) is 1. The lowest BCUT2D eigenvalue weighted by Crippen LogP contribution is -2.06. The predicted octanol–water partition coefficient (Wildman–Crippen LogP) is 2.76. The van der Waals surface area contributed by atoms with Gasteiger partial charge in [-0.2, -0.15) is 0 Å². The molecule has 0 heterocycles. The van der Waals surface area contributed by atoms with Crippen molar-refractivity contribution in [2.75, 3.05) is 12.4 Å². The van der Waals surface area contributed by atoms with E-state index in [9.17, 15) is 14.7 Å². The molecular weight excluding hydrogens is 286 g/mol. The fourth-order valence-corrected chi connectivity index (χ4v) is 2.04. The van der Waals surface area contributed by atoms with Crippen LogP contribution in [0.15, 0.2) is 42.5 Å². The van der Waals surface area contributed by atoms with Crippen molar-refractivity contribution in [3.05, 3.63) is 53.6 Å². The molecule has 0 bridgehead atoms. The molecule has 6 nitrogen and oxygen atoms in total. The number of anilines is 2. The van der Waals surface area contributed by atoms with Crippen LogP contribution in [0, 0.1) is 0 Å². The highest BCUT2D eigenvalue weighted by Gasteiger charge is 2.13. The number of para-hydroxylation sites is 1. The van der Waals surface area contributed by atoms with Crippen molar-refractivity contribution in [1.29, 1.82) is 0 Å². The SMILES string of the molecule is COc1ccc(Nc2ccccc2CC(=O)O)c(C(=O)O)c1. The third-order valence-corrected chi connectivity index (χ3v) is 3.09. The van der Waals surface area contributed by atoms with Gasteiger partial charge in [-0.05, 0) is 29.8 Å². The molecule has 2 aromatic carbocycles. The Morgan fingerprint density at radius 2 is 1.82 bits per heavy atom. The fourth-order valence-electron chi connectivity index (χ4n) is 2.04. The summed E-state index contributed by atoms with van der Waals surface area (Å²) in [6, 6.07) is 11.5. The Morgan fingerprint density at radius 1 is 1.09 bits per heavy atom. The molecule has 0 aliphatic heterocycles. The van der Waals surface area contributed by atoms with Crippen molar-refractivity contribution in [3.63, 3.8) is 0 Å². The maximum atomic E-state index is 11.4. The van der Waals surface area contributed by atoms with E-state index in [1.54, 1.807) is 36.4 Å². The molecule has 0 fully saturated rings. The van der Waals surface area contributed by atoms with Crippen molar-refractivity contribution in [2.45, 2.75) is 6.42 Å². The normalized spacial score (nSPS) is 10.0. The molecule has 2 aromatic rings. The molecule has 6 heteroatoms. The van der Waals surface area contributed by atoms with E-state index in [-0.39, 0.29) is 12.0 Å². The minimum atomic E-state index is -1.10. The second-order valence-corrected chi connectivity index (χ2v) is 4.57. The minimum absolute atomic E-state index is 0.0458. The third-order valence-electron chi connectivity index (χ3n) is 3.09. The molecule has 0 radical (unpaired) electrons. The Morgan fingerprint density at radius 3 is 2.45 bits per heavy atom. The molecule has 114 valence electrons. The number of aromatic carboxylic acids is 1. The molecule has 0 unspecified atom stereocenters. The van der Waals surface area contributed by atoms with Crippen LogP contribution in [0.3, 0.4) is 0 Å². The van der Waals surface area contributed by atoms with Crippen molar-refractivity contribution in [1.82, 2.24) is 0 Å². The molecule has 3 N–H and O–H groups in total. The van der Waals surface area contributed by atoms with Gasteiger partial charge in [-0.3, -0.25) is 4.79 Å². The van der Waals surface area contributed by atoms with Gasteiger partial charge in [-0.25, -0.2) is 4.79 Å². The van der Waals surface area contributed by atoms with E-state index < -0.39 is 11.9 Å². The number of methoxy groups -OCH3 is 1. The van der Waals surface area contributed by atoms with E-state index >= 15 is 0 Å². The zero-order chi connectivity index (χ0) is 16.1. The summed E-state index contributed by atoms with van der Waals surface area (Å²) in [5, 5.41) is 21.2. The minimum Gasteiger partial charge on any atom is -0.497 e. The quantitative estimate of drug-likeness (QED) is 0.759.